The van der Waals surface area contributed by atoms with Gasteiger partial charge < -0.3 is 8.83 Å². The highest BCUT2D eigenvalue weighted by Crippen LogP contribution is 2.53. The second kappa shape index (κ2) is 18.2. The third-order valence-corrected chi connectivity index (χ3v) is 15.7. The SMILES string of the molecule is [2H]c1c([2H])c([2H])c2c(c1[2H])-c1c([2H])c([2H])c(-c3c4c([2H])c([2H])c([2H])c([2H])c4c(-c4cccc5oc6ccccc6c45)c4c([2H])c([2H])c([2H])c([2H])c34)c([2H])c1C2(C)C([2H])([2H])[2H].[2H]c1c([2H])c([2H])c2c(oc3c([2H])c([2H])c([2H])c(-c4c5c([2H])c([2H])c([2H])c([2H])c5c(-c5cc6ccccc6c6ccccc56)c5c([2H])c([2H])c([2H])c([2H])c45)c32)c1[2H]. The van der Waals surface area contributed by atoms with E-state index in [1.54, 1.807) is 54.6 Å². The molecule has 0 spiro atoms. The van der Waals surface area contributed by atoms with Crippen LogP contribution in [0.25, 0.3) is 164 Å². The number of rotatable bonds is 4. The van der Waals surface area contributed by atoms with Crippen LogP contribution in [0.15, 0.2) is 287 Å². The molecule has 15 aromatic carbocycles. The highest BCUT2D eigenvalue weighted by Gasteiger charge is 2.35. The molecule has 0 saturated heterocycles. The molecule has 0 bridgehead atoms. The second-order valence-corrected chi connectivity index (χ2v) is 20.1. The number of hydrogen-bond donors (Lipinski definition) is 0. The van der Waals surface area contributed by atoms with Gasteiger partial charge in [0.05, 0.1) is 41.1 Å². The van der Waals surface area contributed by atoms with E-state index in [0.717, 1.165) is 23.1 Å². The van der Waals surface area contributed by atoms with Gasteiger partial charge in [0.15, 0.2) is 0 Å². The largest absolute Gasteiger partial charge is 0.456 e. The topological polar surface area (TPSA) is 26.3 Å². The van der Waals surface area contributed by atoms with Crippen LogP contribution in [0.3, 0.4) is 0 Å². The highest BCUT2D eigenvalue weighted by atomic mass is 16.3. The molecular formula is C81H52O2. The van der Waals surface area contributed by atoms with E-state index in [1.165, 1.54) is 0 Å². The Labute approximate surface area is 526 Å². The van der Waals surface area contributed by atoms with E-state index in [-0.39, 0.29) is 92.8 Å². The van der Waals surface area contributed by atoms with Crippen molar-refractivity contribution in [2.45, 2.75) is 19.2 Å². The van der Waals surface area contributed by atoms with Crippen LogP contribution in [-0.2, 0) is 5.41 Å². The summed E-state index contributed by atoms with van der Waals surface area (Å²) >= 11 is 0. The lowest BCUT2D eigenvalue weighted by molar-refractivity contribution is 0.660. The zero-order valence-electron chi connectivity index (χ0n) is 76.1. The quantitative estimate of drug-likeness (QED) is 0.130. The highest BCUT2D eigenvalue weighted by molar-refractivity contribution is 6.29. The molecule has 388 valence electrons. The van der Waals surface area contributed by atoms with Gasteiger partial charge in [0.25, 0.3) is 0 Å². The Hall–Kier alpha value is -10.5. The fourth-order valence-corrected chi connectivity index (χ4v) is 12.2. The molecule has 0 radical (unpaired) electrons. The Bertz CT molecular complexity index is 7360. The van der Waals surface area contributed by atoms with Crippen molar-refractivity contribution in [1.82, 2.24) is 0 Å². The molecule has 0 fully saturated rings. The molecular weight excluding hydrogens is 1000 g/mol. The zero-order valence-corrected chi connectivity index (χ0v) is 43.1. The Kier molecular flexibility index (Phi) is 5.51. The lowest BCUT2D eigenvalue weighted by Crippen LogP contribution is -2.14. The first kappa shape index (κ1) is 25.1. The molecule has 1 atom stereocenters. The van der Waals surface area contributed by atoms with Crippen molar-refractivity contribution >= 4 is 109 Å². The molecule has 1 aliphatic carbocycles. The fraction of sp³-hybridized carbons (Fsp3) is 0.0370. The summed E-state index contributed by atoms with van der Waals surface area (Å²) in [5.41, 5.74) is -5.04. The molecule has 17 aromatic rings. The minimum Gasteiger partial charge on any atom is -0.456 e. The summed E-state index contributed by atoms with van der Waals surface area (Å²) in [6, 6.07) is 8.15. The monoisotopic (exact) mass is 1090 g/mol. The van der Waals surface area contributed by atoms with Crippen LogP contribution in [0.1, 0.15) is 70.1 Å². The summed E-state index contributed by atoms with van der Waals surface area (Å²) < 4.78 is 309. The predicted molar refractivity (Wildman–Crippen MR) is 352 cm³/mol. The van der Waals surface area contributed by atoms with Gasteiger partial charge in [-0.25, -0.2) is 0 Å². The minimum atomic E-state index is -3.15. The van der Waals surface area contributed by atoms with Crippen molar-refractivity contribution in [3.05, 3.63) is 289 Å². The summed E-state index contributed by atoms with van der Waals surface area (Å²) in [5.74, 6) is 0. The van der Waals surface area contributed by atoms with Crippen LogP contribution < -0.4 is 0 Å². The Balaban J connectivity index is 0.000000167. The van der Waals surface area contributed by atoms with E-state index >= 15 is 0 Å². The predicted octanol–water partition coefficient (Wildman–Crippen LogP) is 23.1. The summed E-state index contributed by atoms with van der Waals surface area (Å²) in [4.78, 5) is 0. The summed E-state index contributed by atoms with van der Waals surface area (Å²) in [5, 5.41) is 1.47. The molecule has 2 heteroatoms. The minimum absolute atomic E-state index is 0.0337. The molecule has 1 unspecified atom stereocenters. The second-order valence-electron chi connectivity index (χ2n) is 20.1. The summed E-state index contributed by atoms with van der Waals surface area (Å²) in [7, 11) is 0. The third-order valence-electron chi connectivity index (χ3n) is 15.7. The molecule has 2 heterocycles. The number of furan rings is 2. The summed E-state index contributed by atoms with van der Waals surface area (Å²) in [6.45, 7) is -2.00. The van der Waals surface area contributed by atoms with Gasteiger partial charge in [0, 0.05) is 31.1 Å². The van der Waals surface area contributed by atoms with Crippen LogP contribution in [0.5, 0.6) is 0 Å². The fourth-order valence-electron chi connectivity index (χ4n) is 12.2. The number of fused-ring (bicyclic) bond motifs is 16. The average Bonchev–Trinajstić information content (AvgIpc) is 1.21. The van der Waals surface area contributed by atoms with Crippen molar-refractivity contribution in [3.8, 4) is 55.6 Å². The zero-order chi connectivity index (χ0) is 83.5. The van der Waals surface area contributed by atoms with E-state index < -0.39 is 227 Å². The molecule has 0 N–H and O–H groups in total. The maximum Gasteiger partial charge on any atom is 0.136 e. The van der Waals surface area contributed by atoms with Gasteiger partial charge in [-0.05, 0) is 168 Å². The van der Waals surface area contributed by atoms with Gasteiger partial charge in [0.2, 0.25) is 0 Å². The Morgan fingerprint density at radius 1 is 0.313 bits per heavy atom. The van der Waals surface area contributed by atoms with Crippen LogP contribution in [0.4, 0.5) is 0 Å². The van der Waals surface area contributed by atoms with Crippen molar-refractivity contribution in [2.75, 3.05) is 0 Å². The molecule has 2 aromatic heterocycles. The third kappa shape index (κ3) is 7.03. The smallest absolute Gasteiger partial charge is 0.136 e. The van der Waals surface area contributed by atoms with E-state index in [0.29, 0.717) is 32.9 Å². The van der Waals surface area contributed by atoms with E-state index in [4.69, 9.17) is 37.6 Å². The molecule has 18 rings (SSSR count). The average molecular weight is 1090 g/mol. The molecule has 0 amide bonds. The van der Waals surface area contributed by atoms with Crippen molar-refractivity contribution in [3.63, 3.8) is 0 Å². The van der Waals surface area contributed by atoms with E-state index in [1.807, 2.05) is 42.5 Å². The normalized spacial score (nSPS) is 19.7. The molecule has 0 aliphatic heterocycles. The van der Waals surface area contributed by atoms with Crippen LogP contribution in [-0.4, -0.2) is 0 Å². The van der Waals surface area contributed by atoms with Gasteiger partial charge in [-0.1, -0.05) is 256 Å². The number of hydrogen-bond acceptors (Lipinski definition) is 2. The van der Waals surface area contributed by atoms with Crippen molar-refractivity contribution in [2.24, 2.45) is 0 Å². The first-order chi connectivity index (χ1) is 54.7. The first-order valence-electron chi connectivity index (χ1n) is 42.6. The Morgan fingerprint density at radius 2 is 0.795 bits per heavy atom. The van der Waals surface area contributed by atoms with Crippen LogP contribution in [0, 0.1) is 0 Å². The maximum absolute atomic E-state index is 9.88. The molecule has 1 aliphatic rings. The number of benzene rings is 15. The molecule has 83 heavy (non-hydrogen) atoms. The van der Waals surface area contributed by atoms with Gasteiger partial charge in [0.1, 0.15) is 22.3 Å². The van der Waals surface area contributed by atoms with E-state index in [2.05, 4.69) is 0 Å². The van der Waals surface area contributed by atoms with Gasteiger partial charge in [-0.3, -0.25) is 0 Å². The van der Waals surface area contributed by atoms with E-state index in [9.17, 15) is 16.4 Å². The lowest BCUT2D eigenvalue weighted by atomic mass is 9.80. The van der Waals surface area contributed by atoms with Gasteiger partial charge >= 0.3 is 0 Å². The molecule has 0 saturated carbocycles. The van der Waals surface area contributed by atoms with Gasteiger partial charge in [-0.15, -0.1) is 0 Å². The van der Waals surface area contributed by atoms with Crippen molar-refractivity contribution < 1.29 is 54.1 Å². The van der Waals surface area contributed by atoms with Crippen molar-refractivity contribution in [1.29, 1.82) is 0 Å². The van der Waals surface area contributed by atoms with Gasteiger partial charge in [-0.2, -0.15) is 0 Å². The Morgan fingerprint density at radius 3 is 1.48 bits per heavy atom. The van der Waals surface area contributed by atoms with Crippen LogP contribution in [0.2, 0.25) is 0 Å². The van der Waals surface area contributed by atoms with Crippen LogP contribution >= 0.6 is 0 Å². The maximum atomic E-state index is 9.88. The summed E-state index contributed by atoms with van der Waals surface area (Å²) in [6.07, 6.45) is 0. The lowest BCUT2D eigenvalue weighted by Gasteiger charge is -2.23. The first-order valence-corrected chi connectivity index (χ1v) is 26.1. The number of para-hydroxylation sites is 2. The standard InChI is InChI=1S/C41H28O.C40H24O/c1-41(2)34-19-9-7-12-26(34)27-23-22-25(24-35(27)41)38-28-13-3-5-15-30(28)39(31-16-6-4-14-29(31)38)33-18-11-21-37-40(33)32-17-8-10-20-36(32)42-37;1-2-13-26-25(12-1)24-35(28-15-4-3-14-27(26)28)39-31-18-7-5-16-29(31)38(30-17-6-8-19-32(30)39)34-21-11-23-37-40(34)33-20-9-10-22-36(33)41-37/h3-24H,1-2H3;1-24H/i1D3,3D,4D,5D,6D,7D,9D,12D,13D,14D,15D,16D,19D,22D,23D,24D;5D,6D,7D,8D,9D,10D,11D,16D,17D,18D,19D,20D,21D,22D,23D. The molecule has 2 nitrogen and oxygen atoms in total.